The lowest BCUT2D eigenvalue weighted by atomic mass is 10.2. The minimum atomic E-state index is -1.18. The Kier molecular flexibility index (Phi) is 4.21. The van der Waals surface area contributed by atoms with Gasteiger partial charge in [0.15, 0.2) is 5.69 Å². The molecule has 21 heavy (non-hydrogen) atoms. The second-order valence-corrected chi connectivity index (χ2v) is 5.21. The summed E-state index contributed by atoms with van der Waals surface area (Å²) in [4.78, 5) is 35.3. The zero-order chi connectivity index (χ0) is 15.6. The molecule has 0 radical (unpaired) electrons. The number of benzene rings is 1. The van der Waals surface area contributed by atoms with E-state index in [4.69, 9.17) is 5.11 Å². The fourth-order valence-corrected chi connectivity index (χ4v) is 2.11. The van der Waals surface area contributed by atoms with Crippen LogP contribution in [0, 0.1) is 13.7 Å². The molecular weight excluding hydrogens is 393 g/mol. The van der Waals surface area contributed by atoms with Gasteiger partial charge >= 0.3 is 11.8 Å². The smallest absolute Gasteiger partial charge is 0.337 e. The first kappa shape index (κ1) is 15.0. The molecule has 2 rings (SSSR count). The fraction of sp³-hybridized carbons (Fsp3) is 0. The van der Waals surface area contributed by atoms with E-state index in [1.165, 1.54) is 18.2 Å². The Morgan fingerprint density at radius 2 is 2.00 bits per heavy atom. The van der Waals surface area contributed by atoms with Gasteiger partial charge in [-0.05, 0) is 51.8 Å². The number of carbonyl (C=O) groups is 2. The number of carboxylic acid groups (broad SMARTS) is 1. The van der Waals surface area contributed by atoms with Crippen LogP contribution in [-0.2, 0) is 0 Å². The number of halogens is 1. The minimum Gasteiger partial charge on any atom is -0.478 e. The Morgan fingerprint density at radius 1 is 1.29 bits per heavy atom. The molecule has 9 heteroatoms. The van der Waals surface area contributed by atoms with Crippen LogP contribution < -0.4 is 5.32 Å². The van der Waals surface area contributed by atoms with E-state index in [0.29, 0.717) is 3.57 Å². The summed E-state index contributed by atoms with van der Waals surface area (Å²) in [6, 6.07) is 6.91. The number of carbonyl (C=O) groups excluding carboxylic acids is 1. The molecule has 1 amide bonds. The molecule has 0 aliphatic heterocycles. The first-order valence-electron chi connectivity index (χ1n) is 5.56. The predicted octanol–water partition coefficient (Wildman–Crippen LogP) is 2.48. The average molecular weight is 401 g/mol. The first-order chi connectivity index (χ1) is 9.88. The normalized spacial score (nSPS) is 10.1. The lowest BCUT2D eigenvalue weighted by Gasteiger charge is -2.07. The largest absolute Gasteiger partial charge is 0.478 e. The molecule has 1 heterocycles. The Hall–Kier alpha value is -2.43. The molecule has 0 spiro atoms. The molecule has 0 aliphatic carbocycles. The van der Waals surface area contributed by atoms with Crippen molar-refractivity contribution in [3.8, 4) is 0 Å². The van der Waals surface area contributed by atoms with Crippen LogP contribution >= 0.6 is 22.6 Å². The number of aromatic carboxylic acids is 1. The Morgan fingerprint density at radius 3 is 2.57 bits per heavy atom. The number of aromatic nitrogens is 1. The molecule has 0 bridgehead atoms. The lowest BCUT2D eigenvalue weighted by Crippen LogP contribution is -2.15. The number of carboxylic acids is 1. The van der Waals surface area contributed by atoms with Crippen molar-refractivity contribution < 1.29 is 19.6 Å². The minimum absolute atomic E-state index is 0.0309. The predicted molar refractivity (Wildman–Crippen MR) is 81.5 cm³/mol. The van der Waals surface area contributed by atoms with E-state index in [1.54, 1.807) is 6.07 Å². The van der Waals surface area contributed by atoms with Gasteiger partial charge in [0.2, 0.25) is 0 Å². The zero-order valence-electron chi connectivity index (χ0n) is 10.3. The number of amides is 1. The highest BCUT2D eigenvalue weighted by molar-refractivity contribution is 14.1. The summed E-state index contributed by atoms with van der Waals surface area (Å²) in [5, 5.41) is 22.0. The molecule has 8 nitrogen and oxygen atoms in total. The van der Waals surface area contributed by atoms with Crippen LogP contribution in [0.5, 0.6) is 0 Å². The van der Waals surface area contributed by atoms with Crippen LogP contribution in [0.1, 0.15) is 20.8 Å². The fourth-order valence-electron chi connectivity index (χ4n) is 1.61. The van der Waals surface area contributed by atoms with Crippen LogP contribution in [0.3, 0.4) is 0 Å². The topological polar surface area (TPSA) is 125 Å². The van der Waals surface area contributed by atoms with Crippen molar-refractivity contribution in [2.24, 2.45) is 0 Å². The number of hydrogen-bond donors (Lipinski definition) is 3. The van der Waals surface area contributed by atoms with E-state index in [-0.39, 0.29) is 22.8 Å². The number of anilines is 1. The van der Waals surface area contributed by atoms with Crippen molar-refractivity contribution in [1.29, 1.82) is 0 Å². The highest BCUT2D eigenvalue weighted by Gasteiger charge is 2.18. The number of aromatic amines is 1. The van der Waals surface area contributed by atoms with Crippen LogP contribution in [0.15, 0.2) is 30.3 Å². The summed E-state index contributed by atoms with van der Waals surface area (Å²) in [6.45, 7) is 0. The molecule has 0 saturated carbocycles. The highest BCUT2D eigenvalue weighted by atomic mass is 127. The number of rotatable bonds is 4. The van der Waals surface area contributed by atoms with Crippen molar-refractivity contribution in [3.05, 3.63) is 55.3 Å². The molecular formula is C12H8IN3O5. The van der Waals surface area contributed by atoms with Gasteiger partial charge in [-0.15, -0.1) is 0 Å². The summed E-state index contributed by atoms with van der Waals surface area (Å²) in [6.07, 6.45) is 0. The Labute approximate surface area is 131 Å². The van der Waals surface area contributed by atoms with Crippen molar-refractivity contribution >= 4 is 46.0 Å². The summed E-state index contributed by atoms with van der Waals surface area (Å²) >= 11 is 1.95. The van der Waals surface area contributed by atoms with E-state index in [2.05, 4.69) is 10.3 Å². The van der Waals surface area contributed by atoms with Gasteiger partial charge in [-0.3, -0.25) is 4.79 Å². The van der Waals surface area contributed by atoms with E-state index >= 15 is 0 Å². The monoisotopic (exact) mass is 401 g/mol. The summed E-state index contributed by atoms with van der Waals surface area (Å²) in [5.41, 5.74) is 0.0260. The van der Waals surface area contributed by atoms with Crippen LogP contribution in [0.4, 0.5) is 11.5 Å². The molecule has 1 aromatic carbocycles. The molecule has 0 fully saturated rings. The van der Waals surface area contributed by atoms with Gasteiger partial charge in [-0.2, -0.15) is 0 Å². The van der Waals surface area contributed by atoms with Crippen molar-refractivity contribution in [1.82, 2.24) is 4.98 Å². The third-order valence-corrected chi connectivity index (χ3v) is 3.24. The summed E-state index contributed by atoms with van der Waals surface area (Å²) < 4.78 is 0.707. The maximum Gasteiger partial charge on any atom is 0.337 e. The molecule has 0 unspecified atom stereocenters. The van der Waals surface area contributed by atoms with Gasteiger partial charge in [-0.25, -0.2) is 9.78 Å². The summed E-state index contributed by atoms with van der Waals surface area (Å²) in [5.74, 6) is -2.16. The second-order valence-electron chi connectivity index (χ2n) is 3.96. The van der Waals surface area contributed by atoms with Gasteiger partial charge in [0.1, 0.15) is 0 Å². The number of nitro groups is 1. The second kappa shape index (κ2) is 5.91. The Bertz CT molecular complexity index is 740. The van der Waals surface area contributed by atoms with Crippen LogP contribution in [0.2, 0.25) is 0 Å². The van der Waals surface area contributed by atoms with Gasteiger partial charge in [0.05, 0.1) is 11.3 Å². The summed E-state index contributed by atoms with van der Waals surface area (Å²) in [7, 11) is 0. The number of nitrogens with one attached hydrogen (secondary N) is 2. The molecule has 3 N–H and O–H groups in total. The van der Waals surface area contributed by atoms with Gasteiger partial charge in [0.25, 0.3) is 5.91 Å². The van der Waals surface area contributed by atoms with E-state index in [1.807, 2.05) is 22.6 Å². The van der Waals surface area contributed by atoms with Gasteiger partial charge in [0, 0.05) is 9.64 Å². The first-order valence-corrected chi connectivity index (χ1v) is 6.64. The molecule has 108 valence electrons. The van der Waals surface area contributed by atoms with Crippen molar-refractivity contribution in [2.45, 2.75) is 0 Å². The lowest BCUT2D eigenvalue weighted by molar-refractivity contribution is -0.389. The van der Waals surface area contributed by atoms with E-state index in [9.17, 15) is 19.7 Å². The van der Waals surface area contributed by atoms with Gasteiger partial charge < -0.3 is 20.5 Å². The van der Waals surface area contributed by atoms with Gasteiger partial charge in [-0.1, -0.05) is 0 Å². The SMILES string of the molecule is O=C(Nc1ccc(I)cc1C(=O)O)c1ccc([N+](=O)[O-])[nH]1. The molecule has 0 aliphatic rings. The highest BCUT2D eigenvalue weighted by Crippen LogP contribution is 2.20. The van der Waals surface area contributed by atoms with Crippen LogP contribution in [-0.4, -0.2) is 26.9 Å². The van der Waals surface area contributed by atoms with Crippen molar-refractivity contribution in [3.63, 3.8) is 0 Å². The molecule has 1 aromatic heterocycles. The maximum atomic E-state index is 11.9. The molecule has 0 atom stereocenters. The van der Waals surface area contributed by atoms with Crippen molar-refractivity contribution in [2.75, 3.05) is 5.32 Å². The molecule has 2 aromatic rings. The number of hydrogen-bond acceptors (Lipinski definition) is 4. The Balaban J connectivity index is 2.27. The quantitative estimate of drug-likeness (QED) is 0.412. The number of H-pyrrole nitrogens is 1. The maximum absolute atomic E-state index is 11.9. The standard InChI is InChI=1S/C12H8IN3O5/c13-6-1-2-8(7(5-6)12(18)19)15-11(17)9-3-4-10(14-9)16(20)21/h1-5,14H,(H,15,17)(H,18,19). The third-order valence-electron chi connectivity index (χ3n) is 2.57. The third kappa shape index (κ3) is 3.37. The number of nitrogens with zero attached hydrogens (tertiary/aromatic N) is 1. The van der Waals surface area contributed by atoms with Crippen LogP contribution in [0.25, 0.3) is 0 Å². The van der Waals surface area contributed by atoms with E-state index < -0.39 is 16.8 Å². The zero-order valence-corrected chi connectivity index (χ0v) is 12.4. The average Bonchev–Trinajstić information content (AvgIpc) is 2.90. The van der Waals surface area contributed by atoms with E-state index in [0.717, 1.165) is 6.07 Å². The molecule has 0 saturated heterocycles.